The van der Waals surface area contributed by atoms with Gasteiger partial charge in [-0.25, -0.2) is 10.6 Å². The minimum atomic E-state index is -0.878. The van der Waals surface area contributed by atoms with E-state index in [9.17, 15) is 14.4 Å². The zero-order valence-electron chi connectivity index (χ0n) is 17.8. The van der Waals surface area contributed by atoms with Crippen molar-refractivity contribution in [2.75, 3.05) is 0 Å². The molecule has 0 aliphatic carbocycles. The molecular weight excluding hydrogens is 396 g/mol. The Kier molecular flexibility index (Phi) is 9.51. The van der Waals surface area contributed by atoms with Crippen LogP contribution in [0.5, 0.6) is 0 Å². The Bertz CT molecular complexity index is 843. The van der Waals surface area contributed by atoms with Gasteiger partial charge in [0.05, 0.1) is 0 Å². The number of rotatable bonds is 10. The Labute approximate surface area is 182 Å². The van der Waals surface area contributed by atoms with Gasteiger partial charge in [0.15, 0.2) is 0 Å². The first kappa shape index (κ1) is 23.9. The van der Waals surface area contributed by atoms with Crippen molar-refractivity contribution in [1.82, 2.24) is 16.1 Å². The summed E-state index contributed by atoms with van der Waals surface area (Å²) < 4.78 is 5.23. The first-order valence-corrected chi connectivity index (χ1v) is 10.2. The Hall–Kier alpha value is -3.39. The van der Waals surface area contributed by atoms with Gasteiger partial charge in [-0.3, -0.25) is 15.0 Å². The monoisotopic (exact) mass is 426 g/mol. The number of nitrogens with two attached hydrogens (primary N) is 1. The van der Waals surface area contributed by atoms with Crippen molar-refractivity contribution in [3.63, 3.8) is 0 Å². The Morgan fingerprint density at radius 1 is 0.839 bits per heavy atom. The van der Waals surface area contributed by atoms with Crippen molar-refractivity contribution in [2.24, 2.45) is 11.8 Å². The molecule has 0 aliphatic rings. The summed E-state index contributed by atoms with van der Waals surface area (Å²) in [6.07, 6.45) is -0.0515. The van der Waals surface area contributed by atoms with Crippen LogP contribution in [0, 0.1) is 5.92 Å². The first-order chi connectivity index (χ1) is 14.9. The molecule has 0 aliphatic heterocycles. The van der Waals surface area contributed by atoms with Crippen LogP contribution in [0.25, 0.3) is 0 Å². The second-order valence-electron chi connectivity index (χ2n) is 7.65. The number of amides is 3. The van der Waals surface area contributed by atoms with Gasteiger partial charge < -0.3 is 15.4 Å². The quantitative estimate of drug-likeness (QED) is 0.263. The number of alkyl carbamates (subject to hydrolysis) is 1. The van der Waals surface area contributed by atoms with E-state index in [1.54, 1.807) is 0 Å². The van der Waals surface area contributed by atoms with E-state index in [4.69, 9.17) is 10.6 Å². The zero-order valence-corrected chi connectivity index (χ0v) is 17.8. The summed E-state index contributed by atoms with van der Waals surface area (Å²) in [6.45, 7) is 3.96. The molecule has 0 aromatic heterocycles. The summed E-state index contributed by atoms with van der Waals surface area (Å²) in [7, 11) is 0. The molecule has 0 saturated carbocycles. The van der Waals surface area contributed by atoms with Gasteiger partial charge in [0.1, 0.15) is 18.7 Å². The predicted octanol–water partition coefficient (Wildman–Crippen LogP) is 2.04. The second kappa shape index (κ2) is 12.3. The summed E-state index contributed by atoms with van der Waals surface area (Å²) in [5.74, 6) is 4.42. The molecule has 166 valence electrons. The van der Waals surface area contributed by atoms with Crippen LogP contribution in [0.4, 0.5) is 4.79 Å². The molecular formula is C23H30N4O4. The summed E-state index contributed by atoms with van der Waals surface area (Å²) in [5, 5.41) is 5.31. The van der Waals surface area contributed by atoms with Crippen molar-refractivity contribution < 1.29 is 19.1 Å². The molecule has 0 spiro atoms. The van der Waals surface area contributed by atoms with E-state index in [0.29, 0.717) is 6.42 Å². The average Bonchev–Trinajstić information content (AvgIpc) is 2.77. The maximum Gasteiger partial charge on any atom is 0.408 e. The highest BCUT2D eigenvalue weighted by Crippen LogP contribution is 2.09. The first-order valence-electron chi connectivity index (χ1n) is 10.2. The fraction of sp³-hybridized carbons (Fsp3) is 0.348. The molecule has 0 saturated heterocycles. The Morgan fingerprint density at radius 3 is 1.97 bits per heavy atom. The minimum absolute atomic E-state index is 0.0922. The molecule has 0 heterocycles. The van der Waals surface area contributed by atoms with Crippen molar-refractivity contribution in [2.45, 2.75) is 45.4 Å². The molecule has 2 rings (SSSR count). The standard InChI is InChI=1S/C23H30N4O4/c1-16(2)13-19(26-23(30)31-15-18-11-7-4-8-12-18)21(28)25-20(22(29)27-24)14-17-9-5-3-6-10-17/h3-12,16,19-20H,13-15,24H2,1-2H3,(H,25,28)(H,26,30)(H,27,29)/t19-,20-/m0/s1. The number of hydrazine groups is 1. The topological polar surface area (TPSA) is 123 Å². The number of ether oxygens (including phenoxy) is 1. The van der Waals surface area contributed by atoms with Crippen LogP contribution in [0.3, 0.4) is 0 Å². The van der Waals surface area contributed by atoms with Crippen molar-refractivity contribution in [3.05, 3.63) is 71.8 Å². The van der Waals surface area contributed by atoms with E-state index in [2.05, 4.69) is 16.1 Å². The second-order valence-corrected chi connectivity index (χ2v) is 7.65. The number of benzene rings is 2. The van der Waals surface area contributed by atoms with Gasteiger partial charge in [0, 0.05) is 6.42 Å². The summed E-state index contributed by atoms with van der Waals surface area (Å²) in [6, 6.07) is 16.8. The van der Waals surface area contributed by atoms with Gasteiger partial charge in [0.25, 0.3) is 5.91 Å². The molecule has 0 radical (unpaired) electrons. The van der Waals surface area contributed by atoms with Gasteiger partial charge in [-0.15, -0.1) is 0 Å². The molecule has 0 fully saturated rings. The molecule has 3 amide bonds. The van der Waals surface area contributed by atoms with Crippen molar-refractivity contribution >= 4 is 17.9 Å². The zero-order chi connectivity index (χ0) is 22.6. The fourth-order valence-corrected chi connectivity index (χ4v) is 3.04. The molecule has 2 atom stereocenters. The smallest absolute Gasteiger partial charge is 0.408 e. The molecule has 31 heavy (non-hydrogen) atoms. The van der Waals surface area contributed by atoms with Gasteiger partial charge in [-0.1, -0.05) is 74.5 Å². The minimum Gasteiger partial charge on any atom is -0.445 e. The molecule has 8 heteroatoms. The average molecular weight is 427 g/mol. The Morgan fingerprint density at radius 2 is 1.42 bits per heavy atom. The molecule has 8 nitrogen and oxygen atoms in total. The molecule has 0 bridgehead atoms. The van der Waals surface area contributed by atoms with E-state index in [0.717, 1.165) is 11.1 Å². The number of carbonyl (C=O) groups excluding carboxylic acids is 3. The van der Waals surface area contributed by atoms with E-state index in [1.165, 1.54) is 0 Å². The van der Waals surface area contributed by atoms with Crippen LogP contribution in [-0.2, 0) is 27.4 Å². The van der Waals surface area contributed by atoms with Gasteiger partial charge in [0.2, 0.25) is 5.91 Å². The molecule has 0 unspecified atom stereocenters. The van der Waals surface area contributed by atoms with Gasteiger partial charge in [-0.05, 0) is 23.5 Å². The van der Waals surface area contributed by atoms with E-state index in [-0.39, 0.29) is 18.9 Å². The van der Waals surface area contributed by atoms with E-state index in [1.807, 2.05) is 74.5 Å². The van der Waals surface area contributed by atoms with Crippen LogP contribution in [0.1, 0.15) is 31.4 Å². The normalized spacial score (nSPS) is 12.5. The summed E-state index contributed by atoms with van der Waals surface area (Å²) in [4.78, 5) is 37.4. The van der Waals surface area contributed by atoms with Gasteiger partial charge >= 0.3 is 6.09 Å². The third kappa shape index (κ3) is 8.47. The highest BCUT2D eigenvalue weighted by atomic mass is 16.5. The molecule has 5 N–H and O–H groups in total. The third-order valence-corrected chi connectivity index (χ3v) is 4.59. The highest BCUT2D eigenvalue weighted by Gasteiger charge is 2.27. The van der Waals surface area contributed by atoms with Crippen molar-refractivity contribution in [3.8, 4) is 0 Å². The van der Waals surface area contributed by atoms with Crippen LogP contribution < -0.4 is 21.9 Å². The van der Waals surface area contributed by atoms with Crippen LogP contribution >= 0.6 is 0 Å². The summed E-state index contributed by atoms with van der Waals surface area (Å²) >= 11 is 0. The maximum absolute atomic E-state index is 12.9. The van der Waals surface area contributed by atoms with E-state index < -0.39 is 30.0 Å². The molecule has 2 aromatic carbocycles. The number of hydrogen-bond acceptors (Lipinski definition) is 5. The SMILES string of the molecule is CC(C)C[C@H](NC(=O)OCc1ccccc1)C(=O)N[C@@H](Cc1ccccc1)C(=O)NN. The fourth-order valence-electron chi connectivity index (χ4n) is 3.04. The van der Waals surface area contributed by atoms with Crippen LogP contribution in [0.15, 0.2) is 60.7 Å². The van der Waals surface area contributed by atoms with Crippen molar-refractivity contribution in [1.29, 1.82) is 0 Å². The lowest BCUT2D eigenvalue weighted by molar-refractivity contribution is -0.130. The predicted molar refractivity (Wildman–Crippen MR) is 117 cm³/mol. The Balaban J connectivity index is 2.01. The lowest BCUT2D eigenvalue weighted by Gasteiger charge is -2.23. The molecule has 2 aromatic rings. The van der Waals surface area contributed by atoms with Crippen LogP contribution in [0.2, 0.25) is 0 Å². The largest absolute Gasteiger partial charge is 0.445 e. The third-order valence-electron chi connectivity index (χ3n) is 4.59. The van der Waals surface area contributed by atoms with Crippen LogP contribution in [-0.4, -0.2) is 30.0 Å². The number of carbonyl (C=O) groups is 3. The summed E-state index contributed by atoms with van der Waals surface area (Å²) in [5.41, 5.74) is 3.79. The number of nitrogens with one attached hydrogen (secondary N) is 3. The lowest BCUT2D eigenvalue weighted by atomic mass is 10.0. The van der Waals surface area contributed by atoms with E-state index >= 15 is 0 Å². The number of hydrogen-bond donors (Lipinski definition) is 4. The lowest BCUT2D eigenvalue weighted by Crippen LogP contribution is -2.55. The van der Waals surface area contributed by atoms with Gasteiger partial charge in [-0.2, -0.15) is 0 Å². The maximum atomic E-state index is 12.9. The highest BCUT2D eigenvalue weighted by molar-refractivity contribution is 5.91.